The maximum atomic E-state index is 12.3. The molecule has 1 saturated heterocycles. The van der Waals surface area contributed by atoms with Crippen molar-refractivity contribution in [2.75, 3.05) is 11.4 Å². The fraction of sp³-hybridized carbons (Fsp3) is 0.211. The van der Waals surface area contributed by atoms with Crippen LogP contribution in [0.2, 0.25) is 0 Å². The molecule has 0 aliphatic carbocycles. The van der Waals surface area contributed by atoms with Crippen LogP contribution in [0.1, 0.15) is 22.3 Å². The van der Waals surface area contributed by atoms with Crippen LogP contribution in [0.5, 0.6) is 0 Å². The average Bonchev–Trinajstić information content (AvgIpc) is 3.02. The summed E-state index contributed by atoms with van der Waals surface area (Å²) < 4.78 is 0.860. The molecular weight excluding hydrogens is 398 g/mol. The fourth-order valence-corrected chi connectivity index (χ4v) is 3.02. The number of halogens is 1. The number of nitrogens with zero attached hydrogens (tertiary/aromatic N) is 1. The third-order valence-electron chi connectivity index (χ3n) is 4.25. The Kier molecular flexibility index (Phi) is 5.37. The molecule has 1 heterocycles. The van der Waals surface area contributed by atoms with Crippen LogP contribution >= 0.6 is 15.9 Å². The third kappa shape index (κ3) is 4.11. The maximum absolute atomic E-state index is 12.3. The molecule has 0 unspecified atom stereocenters. The molecule has 3 rings (SSSR count). The molecule has 1 fully saturated rings. The Morgan fingerprint density at radius 3 is 2.35 bits per heavy atom. The highest BCUT2D eigenvalue weighted by Gasteiger charge is 2.35. The number of nitrogens with one attached hydrogen (secondary N) is 2. The number of carbonyl (C=O) groups is 3. The van der Waals surface area contributed by atoms with E-state index in [9.17, 15) is 14.4 Å². The van der Waals surface area contributed by atoms with Gasteiger partial charge in [0.2, 0.25) is 11.8 Å². The molecule has 2 aromatic carbocycles. The van der Waals surface area contributed by atoms with Gasteiger partial charge in [-0.2, -0.15) is 0 Å². The second-order valence-electron chi connectivity index (χ2n) is 6.19. The molecule has 0 spiro atoms. The van der Waals surface area contributed by atoms with E-state index in [-0.39, 0.29) is 18.2 Å². The van der Waals surface area contributed by atoms with Crippen LogP contribution in [0, 0.1) is 12.8 Å². The SMILES string of the molecule is Cc1ccc(N2C[C@@H](C(=O)NNC(=O)c3ccc(Br)cc3)CC2=O)cc1. The van der Waals surface area contributed by atoms with Crippen LogP contribution in [0.15, 0.2) is 53.0 Å². The Labute approximate surface area is 159 Å². The van der Waals surface area contributed by atoms with Gasteiger partial charge in [-0.15, -0.1) is 0 Å². The van der Waals surface area contributed by atoms with Crippen molar-refractivity contribution < 1.29 is 14.4 Å². The zero-order valence-corrected chi connectivity index (χ0v) is 15.7. The lowest BCUT2D eigenvalue weighted by molar-refractivity contribution is -0.126. The number of rotatable bonds is 3. The zero-order chi connectivity index (χ0) is 18.7. The monoisotopic (exact) mass is 415 g/mol. The molecule has 2 N–H and O–H groups in total. The molecule has 0 aromatic heterocycles. The largest absolute Gasteiger partial charge is 0.312 e. The third-order valence-corrected chi connectivity index (χ3v) is 4.78. The minimum Gasteiger partial charge on any atom is -0.312 e. The van der Waals surface area contributed by atoms with Crippen LogP contribution < -0.4 is 15.8 Å². The molecule has 1 aliphatic heterocycles. The highest BCUT2D eigenvalue weighted by molar-refractivity contribution is 9.10. The van der Waals surface area contributed by atoms with Crippen LogP contribution in [0.3, 0.4) is 0 Å². The van der Waals surface area contributed by atoms with E-state index < -0.39 is 11.8 Å². The number of amides is 3. The van der Waals surface area contributed by atoms with Crippen molar-refractivity contribution in [3.63, 3.8) is 0 Å². The van der Waals surface area contributed by atoms with Gasteiger partial charge in [-0.3, -0.25) is 25.2 Å². The number of aryl methyl sites for hydroxylation is 1. The number of benzene rings is 2. The lowest BCUT2D eigenvalue weighted by atomic mass is 10.1. The van der Waals surface area contributed by atoms with Crippen molar-refractivity contribution in [1.82, 2.24) is 10.9 Å². The van der Waals surface area contributed by atoms with Gasteiger partial charge in [-0.1, -0.05) is 33.6 Å². The van der Waals surface area contributed by atoms with Crippen LogP contribution in [0.4, 0.5) is 5.69 Å². The smallest absolute Gasteiger partial charge is 0.269 e. The van der Waals surface area contributed by atoms with Gasteiger partial charge in [0, 0.05) is 28.7 Å². The van der Waals surface area contributed by atoms with Crippen molar-refractivity contribution >= 4 is 39.3 Å². The molecular formula is C19H18BrN3O3. The summed E-state index contributed by atoms with van der Waals surface area (Å²) in [4.78, 5) is 38.2. The van der Waals surface area contributed by atoms with Gasteiger partial charge >= 0.3 is 0 Å². The molecule has 1 aliphatic rings. The zero-order valence-electron chi connectivity index (χ0n) is 14.2. The Morgan fingerprint density at radius 2 is 1.69 bits per heavy atom. The standard InChI is InChI=1S/C19H18BrN3O3/c1-12-2-8-16(9-3-12)23-11-14(10-17(23)24)19(26)22-21-18(25)13-4-6-15(20)7-5-13/h2-9,14H,10-11H2,1H3,(H,21,25)(H,22,26)/t14-/m0/s1. The summed E-state index contributed by atoms with van der Waals surface area (Å²) in [6, 6.07) is 14.3. The minimum atomic E-state index is -0.506. The van der Waals surface area contributed by atoms with E-state index in [1.807, 2.05) is 31.2 Å². The number of hydrogen-bond acceptors (Lipinski definition) is 3. The van der Waals surface area contributed by atoms with Crippen LogP contribution in [-0.4, -0.2) is 24.3 Å². The number of hydrazine groups is 1. The second kappa shape index (κ2) is 7.70. The van der Waals surface area contributed by atoms with Gasteiger partial charge in [-0.25, -0.2) is 0 Å². The molecule has 134 valence electrons. The Bertz CT molecular complexity index is 834. The molecule has 0 saturated carbocycles. The minimum absolute atomic E-state index is 0.103. The summed E-state index contributed by atoms with van der Waals surface area (Å²) in [5.74, 6) is -1.40. The van der Waals surface area contributed by atoms with Crippen LogP contribution in [-0.2, 0) is 9.59 Å². The molecule has 3 amide bonds. The maximum Gasteiger partial charge on any atom is 0.269 e. The Hall–Kier alpha value is -2.67. The predicted molar refractivity (Wildman–Crippen MR) is 101 cm³/mol. The molecule has 0 bridgehead atoms. The molecule has 6 nitrogen and oxygen atoms in total. The quantitative estimate of drug-likeness (QED) is 0.756. The predicted octanol–water partition coefficient (Wildman–Crippen LogP) is 2.57. The molecule has 2 aromatic rings. The van der Waals surface area contributed by atoms with E-state index in [0.29, 0.717) is 12.1 Å². The Balaban J connectivity index is 1.57. The van der Waals surface area contributed by atoms with Gasteiger partial charge in [0.25, 0.3) is 5.91 Å². The van der Waals surface area contributed by atoms with Crippen molar-refractivity contribution in [2.24, 2.45) is 5.92 Å². The van der Waals surface area contributed by atoms with Gasteiger partial charge in [0.15, 0.2) is 0 Å². The molecule has 1 atom stereocenters. The number of anilines is 1. The molecule has 7 heteroatoms. The first kappa shape index (κ1) is 18.1. The summed E-state index contributed by atoms with van der Waals surface area (Å²) in [5.41, 5.74) is 7.10. The lowest BCUT2D eigenvalue weighted by Crippen LogP contribution is -2.45. The van der Waals surface area contributed by atoms with Crippen molar-refractivity contribution in [3.8, 4) is 0 Å². The first-order valence-corrected chi connectivity index (χ1v) is 8.96. The van der Waals surface area contributed by atoms with Gasteiger partial charge in [-0.05, 0) is 43.3 Å². The highest BCUT2D eigenvalue weighted by Crippen LogP contribution is 2.25. The van der Waals surface area contributed by atoms with E-state index in [4.69, 9.17) is 0 Å². The summed E-state index contributed by atoms with van der Waals surface area (Å²) >= 11 is 3.30. The van der Waals surface area contributed by atoms with E-state index in [1.54, 1.807) is 29.2 Å². The average molecular weight is 416 g/mol. The van der Waals surface area contributed by atoms with Crippen LogP contribution in [0.25, 0.3) is 0 Å². The summed E-state index contributed by atoms with van der Waals surface area (Å²) in [6.45, 7) is 2.27. The van der Waals surface area contributed by atoms with Gasteiger partial charge in [0.1, 0.15) is 0 Å². The van der Waals surface area contributed by atoms with Crippen molar-refractivity contribution in [3.05, 3.63) is 64.1 Å². The van der Waals surface area contributed by atoms with E-state index in [1.165, 1.54) is 0 Å². The highest BCUT2D eigenvalue weighted by atomic mass is 79.9. The normalized spacial score (nSPS) is 16.5. The first-order chi connectivity index (χ1) is 12.4. The fourth-order valence-electron chi connectivity index (χ4n) is 2.75. The first-order valence-electron chi connectivity index (χ1n) is 8.17. The lowest BCUT2D eigenvalue weighted by Gasteiger charge is -2.17. The number of carbonyl (C=O) groups excluding carboxylic acids is 3. The van der Waals surface area contributed by atoms with E-state index in [0.717, 1.165) is 15.7 Å². The summed E-state index contributed by atoms with van der Waals surface area (Å²) in [5, 5.41) is 0. The molecule has 26 heavy (non-hydrogen) atoms. The van der Waals surface area contributed by atoms with Crippen molar-refractivity contribution in [1.29, 1.82) is 0 Å². The summed E-state index contributed by atoms with van der Waals surface area (Å²) in [7, 11) is 0. The summed E-state index contributed by atoms with van der Waals surface area (Å²) in [6.07, 6.45) is 0.119. The topological polar surface area (TPSA) is 78.5 Å². The van der Waals surface area contributed by atoms with Gasteiger partial charge in [0.05, 0.1) is 5.92 Å². The van der Waals surface area contributed by atoms with E-state index >= 15 is 0 Å². The van der Waals surface area contributed by atoms with Gasteiger partial charge < -0.3 is 4.90 Å². The molecule has 0 radical (unpaired) electrons. The van der Waals surface area contributed by atoms with E-state index in [2.05, 4.69) is 26.8 Å². The second-order valence-corrected chi connectivity index (χ2v) is 7.11. The van der Waals surface area contributed by atoms with Crippen molar-refractivity contribution in [2.45, 2.75) is 13.3 Å². The Morgan fingerprint density at radius 1 is 1.04 bits per heavy atom. The number of hydrogen-bond donors (Lipinski definition) is 2.